The van der Waals surface area contributed by atoms with Gasteiger partial charge in [-0.25, -0.2) is 5.43 Å². The number of nitrogens with zero attached hydrogens (tertiary/aromatic N) is 1. The minimum atomic E-state index is -0.584. The van der Waals surface area contributed by atoms with Gasteiger partial charge >= 0.3 is 0 Å². The van der Waals surface area contributed by atoms with Gasteiger partial charge in [0.25, 0.3) is 0 Å². The first-order valence-corrected chi connectivity index (χ1v) is 9.30. The maximum atomic E-state index is 11.9. The molecule has 0 aliphatic rings. The molecule has 3 N–H and O–H groups in total. The highest BCUT2D eigenvalue weighted by Gasteiger charge is 2.10. The van der Waals surface area contributed by atoms with Crippen LogP contribution in [0.15, 0.2) is 41.5 Å². The normalized spacial score (nSPS) is 10.6. The van der Waals surface area contributed by atoms with Gasteiger partial charge in [0.15, 0.2) is 11.5 Å². The highest BCUT2D eigenvalue weighted by atomic mass is 35.5. The van der Waals surface area contributed by atoms with E-state index in [2.05, 4.69) is 15.8 Å². The molecule has 2 rings (SSSR count). The Labute approximate surface area is 173 Å². The first kappa shape index (κ1) is 22.0. The summed E-state index contributed by atoms with van der Waals surface area (Å²) in [5, 5.41) is 16.3. The van der Waals surface area contributed by atoms with Gasteiger partial charge in [-0.15, -0.1) is 0 Å². The van der Waals surface area contributed by atoms with Crippen molar-refractivity contribution in [1.82, 2.24) is 5.43 Å². The third-order valence-electron chi connectivity index (χ3n) is 3.52. The van der Waals surface area contributed by atoms with Crippen LogP contribution in [-0.2, 0) is 9.59 Å². The van der Waals surface area contributed by atoms with Crippen LogP contribution in [0.5, 0.6) is 17.2 Å². The fraction of sp³-hybridized carbons (Fsp3) is 0.250. The number of hydrogen-bond acceptors (Lipinski definition) is 6. The molecule has 0 aromatic heterocycles. The number of rotatable bonds is 9. The number of carbonyl (C=O) groups is 2. The molecule has 2 aromatic rings. The molecule has 0 radical (unpaired) electrons. The number of hydrogen-bond donors (Lipinski definition) is 3. The Morgan fingerprint density at radius 1 is 1.10 bits per heavy atom. The highest BCUT2D eigenvalue weighted by molar-refractivity contribution is 6.32. The molecule has 0 unspecified atom stereocenters. The van der Waals surface area contributed by atoms with Crippen molar-refractivity contribution in [3.05, 3.63) is 47.0 Å². The van der Waals surface area contributed by atoms with E-state index in [1.807, 2.05) is 6.92 Å². The van der Waals surface area contributed by atoms with Crippen LogP contribution in [0.3, 0.4) is 0 Å². The Hall–Kier alpha value is -3.26. The smallest absolute Gasteiger partial charge is 0.249 e. The van der Waals surface area contributed by atoms with E-state index < -0.39 is 18.2 Å². The minimum absolute atomic E-state index is 0.0958. The van der Waals surface area contributed by atoms with Gasteiger partial charge in [-0.2, -0.15) is 5.10 Å². The van der Waals surface area contributed by atoms with Gasteiger partial charge in [0.2, 0.25) is 11.8 Å². The van der Waals surface area contributed by atoms with Crippen molar-refractivity contribution >= 4 is 35.3 Å². The molecular formula is C20H22ClN3O5. The predicted octanol–water partition coefficient (Wildman–Crippen LogP) is 3.32. The van der Waals surface area contributed by atoms with Crippen LogP contribution < -0.4 is 20.2 Å². The van der Waals surface area contributed by atoms with Crippen molar-refractivity contribution in [1.29, 1.82) is 0 Å². The molecule has 0 atom stereocenters. The van der Waals surface area contributed by atoms with Gasteiger partial charge in [0.1, 0.15) is 12.2 Å². The van der Waals surface area contributed by atoms with Crippen molar-refractivity contribution in [3.63, 3.8) is 0 Å². The molecule has 0 bridgehead atoms. The van der Waals surface area contributed by atoms with E-state index in [4.69, 9.17) is 21.1 Å². The Bertz CT molecular complexity index is 884. The van der Waals surface area contributed by atoms with Gasteiger partial charge in [0.05, 0.1) is 24.5 Å². The van der Waals surface area contributed by atoms with Crippen LogP contribution >= 0.6 is 11.6 Å². The number of halogens is 1. The van der Waals surface area contributed by atoms with Gasteiger partial charge in [-0.3, -0.25) is 9.59 Å². The van der Waals surface area contributed by atoms with Crippen LogP contribution in [-0.4, -0.2) is 36.3 Å². The van der Waals surface area contributed by atoms with Crippen molar-refractivity contribution in [2.45, 2.75) is 20.3 Å². The highest BCUT2D eigenvalue weighted by Crippen LogP contribution is 2.34. The van der Waals surface area contributed by atoms with E-state index in [1.54, 1.807) is 31.2 Å². The summed E-state index contributed by atoms with van der Waals surface area (Å²) in [6.07, 6.45) is 0.932. The number of amides is 2. The van der Waals surface area contributed by atoms with Crippen LogP contribution in [0.2, 0.25) is 5.02 Å². The molecule has 0 heterocycles. The van der Waals surface area contributed by atoms with Crippen molar-refractivity contribution in [2.75, 3.05) is 18.5 Å². The number of anilines is 1. The summed E-state index contributed by atoms with van der Waals surface area (Å²) in [7, 11) is 0. The maximum Gasteiger partial charge on any atom is 0.249 e. The summed E-state index contributed by atoms with van der Waals surface area (Å²) in [5.74, 6) is -0.324. The molecule has 0 spiro atoms. The lowest BCUT2D eigenvalue weighted by Gasteiger charge is -2.08. The zero-order valence-electron chi connectivity index (χ0n) is 16.1. The first-order chi connectivity index (χ1) is 13.9. The number of phenols is 1. The summed E-state index contributed by atoms with van der Waals surface area (Å²) >= 11 is 5.93. The molecule has 0 saturated carbocycles. The zero-order valence-corrected chi connectivity index (χ0v) is 16.8. The lowest BCUT2D eigenvalue weighted by Crippen LogP contribution is -2.24. The largest absolute Gasteiger partial charge is 0.503 e. The zero-order chi connectivity index (χ0) is 21.2. The fourth-order valence-corrected chi connectivity index (χ4v) is 2.52. The Morgan fingerprint density at radius 2 is 1.79 bits per heavy atom. The van der Waals surface area contributed by atoms with E-state index in [0.29, 0.717) is 30.2 Å². The standard InChI is InChI=1S/C20H22ClN3O5/c1-3-28-15-7-5-14(6-8-15)23-18(25)11-19(26)24-22-12-13-9-16(21)20(27)17(10-13)29-4-2/h5-10,12,27H,3-4,11H2,1-2H3,(H,23,25)(H,24,26). The molecule has 9 heteroatoms. The van der Waals surface area contributed by atoms with E-state index >= 15 is 0 Å². The van der Waals surface area contributed by atoms with Gasteiger partial charge < -0.3 is 19.9 Å². The fourth-order valence-electron chi connectivity index (χ4n) is 2.30. The van der Waals surface area contributed by atoms with Gasteiger partial charge in [0, 0.05) is 5.69 Å². The number of carbonyl (C=O) groups excluding carboxylic acids is 2. The first-order valence-electron chi connectivity index (χ1n) is 8.92. The SMILES string of the molecule is CCOc1ccc(NC(=O)CC(=O)NN=Cc2cc(Cl)c(O)c(OCC)c2)cc1. The summed E-state index contributed by atoms with van der Waals surface area (Å²) in [6, 6.07) is 9.81. The molecule has 0 aliphatic heterocycles. The number of phenolic OH excluding ortho intramolecular Hbond substituents is 1. The van der Waals surface area contributed by atoms with Gasteiger partial charge in [-0.05, 0) is 55.8 Å². The number of ether oxygens (including phenoxy) is 2. The third-order valence-corrected chi connectivity index (χ3v) is 3.81. The lowest BCUT2D eigenvalue weighted by atomic mass is 10.2. The number of hydrazone groups is 1. The molecule has 0 aliphatic carbocycles. The van der Waals surface area contributed by atoms with Crippen LogP contribution in [0.25, 0.3) is 0 Å². The second kappa shape index (κ2) is 10.9. The average Bonchev–Trinajstić information content (AvgIpc) is 2.67. The molecular weight excluding hydrogens is 398 g/mol. The summed E-state index contributed by atoms with van der Waals surface area (Å²) < 4.78 is 10.6. The monoisotopic (exact) mass is 419 g/mol. The Morgan fingerprint density at radius 3 is 2.45 bits per heavy atom. The molecule has 0 fully saturated rings. The molecule has 2 amide bonds. The van der Waals surface area contributed by atoms with E-state index in [0.717, 1.165) is 0 Å². The number of benzene rings is 2. The topological polar surface area (TPSA) is 109 Å². The Balaban J connectivity index is 1.86. The third kappa shape index (κ3) is 7.00. The molecule has 154 valence electrons. The lowest BCUT2D eigenvalue weighted by molar-refractivity contribution is -0.126. The van der Waals surface area contributed by atoms with Gasteiger partial charge in [-0.1, -0.05) is 11.6 Å². The van der Waals surface area contributed by atoms with Crippen molar-refractivity contribution in [2.24, 2.45) is 5.10 Å². The molecule has 29 heavy (non-hydrogen) atoms. The predicted molar refractivity (Wildman–Crippen MR) is 111 cm³/mol. The number of nitrogens with one attached hydrogen (secondary N) is 2. The molecule has 0 saturated heterocycles. The second-order valence-electron chi connectivity index (χ2n) is 5.76. The van der Waals surface area contributed by atoms with E-state index in [1.165, 1.54) is 18.3 Å². The quantitative estimate of drug-likeness (QED) is 0.328. The minimum Gasteiger partial charge on any atom is -0.503 e. The van der Waals surface area contributed by atoms with Crippen molar-refractivity contribution < 1.29 is 24.2 Å². The number of aromatic hydroxyl groups is 1. The molecule has 2 aromatic carbocycles. The van der Waals surface area contributed by atoms with E-state index in [-0.39, 0.29) is 16.5 Å². The Kier molecular flexibility index (Phi) is 8.29. The van der Waals surface area contributed by atoms with Crippen LogP contribution in [0.1, 0.15) is 25.8 Å². The summed E-state index contributed by atoms with van der Waals surface area (Å²) in [5.41, 5.74) is 3.32. The summed E-state index contributed by atoms with van der Waals surface area (Å²) in [6.45, 7) is 4.55. The van der Waals surface area contributed by atoms with Crippen molar-refractivity contribution in [3.8, 4) is 17.2 Å². The second-order valence-corrected chi connectivity index (χ2v) is 6.17. The summed E-state index contributed by atoms with van der Waals surface area (Å²) in [4.78, 5) is 23.8. The molecule has 8 nitrogen and oxygen atoms in total. The average molecular weight is 420 g/mol. The van der Waals surface area contributed by atoms with E-state index in [9.17, 15) is 14.7 Å². The van der Waals surface area contributed by atoms with Crippen LogP contribution in [0.4, 0.5) is 5.69 Å². The maximum absolute atomic E-state index is 11.9. The van der Waals surface area contributed by atoms with Crippen LogP contribution in [0, 0.1) is 0 Å².